The molecule has 1 aliphatic rings. The third kappa shape index (κ3) is 3.79. The van der Waals surface area contributed by atoms with Gasteiger partial charge in [0.05, 0.1) is 10.9 Å². The van der Waals surface area contributed by atoms with Crippen molar-refractivity contribution in [3.63, 3.8) is 0 Å². The van der Waals surface area contributed by atoms with Crippen molar-refractivity contribution in [3.05, 3.63) is 102 Å². The summed E-state index contributed by atoms with van der Waals surface area (Å²) in [5.74, 6) is 0. The molecule has 3 aromatic rings. The molecule has 1 aliphatic heterocycles. The van der Waals surface area contributed by atoms with Crippen molar-refractivity contribution in [1.29, 1.82) is 0 Å². The second kappa shape index (κ2) is 8.32. The minimum absolute atomic E-state index is 0.163. The fraction of sp³-hybridized carbons (Fsp3) is 0.250. The van der Waals surface area contributed by atoms with Crippen LogP contribution in [-0.2, 0) is 15.6 Å². The van der Waals surface area contributed by atoms with Gasteiger partial charge in [-0.15, -0.1) is 0 Å². The Morgan fingerprint density at radius 2 is 1.43 bits per heavy atom. The minimum atomic E-state index is -3.65. The predicted molar refractivity (Wildman–Crippen MR) is 118 cm³/mol. The van der Waals surface area contributed by atoms with Crippen LogP contribution in [0.2, 0.25) is 0 Å². The number of aryl methyl sites for hydroxylation is 1. The number of hydrogen-bond acceptors (Lipinski definition) is 4. The lowest BCUT2D eigenvalue weighted by atomic mass is 9.79. The summed E-state index contributed by atoms with van der Waals surface area (Å²) < 4.78 is 28.0. The van der Waals surface area contributed by atoms with Gasteiger partial charge in [-0.05, 0) is 30.2 Å². The van der Waals surface area contributed by atoms with Crippen molar-refractivity contribution in [2.45, 2.75) is 23.5 Å². The SMILES string of the molecule is Cc1ccc(S(=O)(=O)N2CCN[C@@H](C(O)(c3ccccc3)c3ccccc3)C2)cc1. The first kappa shape index (κ1) is 20.8. The fourth-order valence-corrected chi connectivity index (χ4v) is 5.49. The molecule has 1 fully saturated rings. The Morgan fingerprint density at radius 3 is 1.97 bits per heavy atom. The number of sulfonamides is 1. The molecule has 1 heterocycles. The molecule has 0 aromatic heterocycles. The lowest BCUT2D eigenvalue weighted by Crippen LogP contribution is -2.61. The number of piperazine rings is 1. The van der Waals surface area contributed by atoms with Crippen LogP contribution in [0.15, 0.2) is 89.8 Å². The zero-order valence-corrected chi connectivity index (χ0v) is 17.7. The van der Waals surface area contributed by atoms with Crippen molar-refractivity contribution in [2.24, 2.45) is 0 Å². The molecule has 3 aromatic carbocycles. The maximum absolute atomic E-state index is 13.3. The molecular weight excluding hydrogens is 396 g/mol. The largest absolute Gasteiger partial charge is 0.379 e. The van der Waals surface area contributed by atoms with Gasteiger partial charge in [0, 0.05) is 19.6 Å². The Hall–Kier alpha value is -2.51. The highest BCUT2D eigenvalue weighted by molar-refractivity contribution is 7.89. The van der Waals surface area contributed by atoms with Crippen molar-refractivity contribution >= 4 is 10.0 Å². The van der Waals surface area contributed by atoms with E-state index in [1.165, 1.54) is 4.31 Å². The molecule has 2 N–H and O–H groups in total. The average molecular weight is 423 g/mol. The van der Waals surface area contributed by atoms with Gasteiger partial charge >= 0.3 is 0 Å². The van der Waals surface area contributed by atoms with Crippen LogP contribution in [0.1, 0.15) is 16.7 Å². The van der Waals surface area contributed by atoms with E-state index in [2.05, 4.69) is 5.32 Å². The summed E-state index contributed by atoms with van der Waals surface area (Å²) in [5, 5.41) is 15.3. The number of nitrogens with zero attached hydrogens (tertiary/aromatic N) is 1. The highest BCUT2D eigenvalue weighted by Gasteiger charge is 2.44. The topological polar surface area (TPSA) is 69.6 Å². The van der Waals surface area contributed by atoms with Crippen LogP contribution in [0, 0.1) is 6.92 Å². The van der Waals surface area contributed by atoms with E-state index in [9.17, 15) is 13.5 Å². The fourth-order valence-electron chi connectivity index (χ4n) is 4.03. The quantitative estimate of drug-likeness (QED) is 0.663. The van der Waals surface area contributed by atoms with Crippen LogP contribution < -0.4 is 5.32 Å². The predicted octanol–water partition coefficient (Wildman–Crippen LogP) is 2.89. The summed E-state index contributed by atoms with van der Waals surface area (Å²) in [6, 6.07) is 25.2. The Balaban J connectivity index is 1.72. The Labute approximate surface area is 178 Å². The lowest BCUT2D eigenvalue weighted by Gasteiger charge is -2.43. The molecule has 0 saturated carbocycles. The number of hydrogen-bond donors (Lipinski definition) is 2. The van der Waals surface area contributed by atoms with E-state index in [1.54, 1.807) is 24.3 Å². The molecule has 30 heavy (non-hydrogen) atoms. The molecule has 1 saturated heterocycles. The monoisotopic (exact) mass is 422 g/mol. The third-order valence-electron chi connectivity index (χ3n) is 5.73. The van der Waals surface area contributed by atoms with Crippen LogP contribution >= 0.6 is 0 Å². The van der Waals surface area contributed by atoms with Crippen LogP contribution in [0.5, 0.6) is 0 Å². The van der Waals surface area contributed by atoms with E-state index in [0.29, 0.717) is 13.1 Å². The van der Waals surface area contributed by atoms with E-state index in [-0.39, 0.29) is 11.4 Å². The van der Waals surface area contributed by atoms with Crippen molar-refractivity contribution in [3.8, 4) is 0 Å². The molecule has 156 valence electrons. The standard InChI is InChI=1S/C24H26N2O3S/c1-19-12-14-22(15-13-19)30(28,29)26-17-16-25-23(18-26)24(27,20-8-4-2-5-9-20)21-10-6-3-7-11-21/h2-15,23,25,27H,16-18H2,1H3/t23-/m1/s1. The van der Waals surface area contributed by atoms with Crippen molar-refractivity contribution in [1.82, 2.24) is 9.62 Å². The Bertz CT molecular complexity index is 1040. The molecule has 6 heteroatoms. The smallest absolute Gasteiger partial charge is 0.243 e. The molecule has 0 spiro atoms. The van der Waals surface area contributed by atoms with Gasteiger partial charge < -0.3 is 10.4 Å². The van der Waals surface area contributed by atoms with Gasteiger partial charge in [0.2, 0.25) is 10.0 Å². The maximum Gasteiger partial charge on any atom is 0.243 e. The molecule has 1 atom stereocenters. The van der Waals surface area contributed by atoms with Crippen LogP contribution in [0.25, 0.3) is 0 Å². The average Bonchev–Trinajstić information content (AvgIpc) is 2.80. The number of benzene rings is 3. The van der Waals surface area contributed by atoms with Gasteiger partial charge in [0.25, 0.3) is 0 Å². The van der Waals surface area contributed by atoms with Gasteiger partial charge in [-0.1, -0.05) is 78.4 Å². The second-order valence-electron chi connectivity index (χ2n) is 7.68. The van der Waals surface area contributed by atoms with Crippen molar-refractivity contribution < 1.29 is 13.5 Å². The van der Waals surface area contributed by atoms with Gasteiger partial charge in [0.15, 0.2) is 0 Å². The summed E-state index contributed by atoms with van der Waals surface area (Å²) in [5.41, 5.74) is 1.09. The summed E-state index contributed by atoms with van der Waals surface area (Å²) in [4.78, 5) is 0.275. The Kier molecular flexibility index (Phi) is 5.75. The van der Waals surface area contributed by atoms with Crippen LogP contribution in [0.4, 0.5) is 0 Å². The summed E-state index contributed by atoms with van der Waals surface area (Å²) in [6.45, 7) is 2.90. The van der Waals surface area contributed by atoms with Gasteiger partial charge in [-0.2, -0.15) is 4.31 Å². The summed E-state index contributed by atoms with van der Waals surface area (Å²) in [6.07, 6.45) is 0. The van der Waals surface area contributed by atoms with Crippen LogP contribution in [0.3, 0.4) is 0 Å². The molecule has 0 bridgehead atoms. The Morgan fingerprint density at radius 1 is 0.900 bits per heavy atom. The number of aliphatic hydroxyl groups is 1. The molecule has 0 amide bonds. The highest BCUT2D eigenvalue weighted by Crippen LogP contribution is 2.35. The maximum atomic E-state index is 13.3. The first-order chi connectivity index (χ1) is 14.4. The third-order valence-corrected chi connectivity index (χ3v) is 7.61. The zero-order valence-electron chi connectivity index (χ0n) is 16.9. The molecule has 0 radical (unpaired) electrons. The number of rotatable bonds is 5. The van der Waals surface area contributed by atoms with Gasteiger partial charge in [-0.3, -0.25) is 0 Å². The van der Waals surface area contributed by atoms with Gasteiger partial charge in [0.1, 0.15) is 5.60 Å². The van der Waals surface area contributed by atoms with Crippen molar-refractivity contribution in [2.75, 3.05) is 19.6 Å². The summed E-state index contributed by atoms with van der Waals surface area (Å²) >= 11 is 0. The number of nitrogens with one attached hydrogen (secondary N) is 1. The molecule has 4 rings (SSSR count). The van der Waals surface area contributed by atoms with Gasteiger partial charge in [-0.25, -0.2) is 8.42 Å². The highest BCUT2D eigenvalue weighted by atomic mass is 32.2. The normalized spacial score (nSPS) is 18.3. The minimum Gasteiger partial charge on any atom is -0.379 e. The molecular formula is C24H26N2O3S. The van der Waals surface area contributed by atoms with Crippen LogP contribution in [-0.4, -0.2) is 43.5 Å². The van der Waals surface area contributed by atoms with E-state index in [1.807, 2.05) is 67.6 Å². The first-order valence-corrected chi connectivity index (χ1v) is 11.5. The molecule has 0 unspecified atom stereocenters. The zero-order chi connectivity index (χ0) is 21.2. The summed E-state index contributed by atoms with van der Waals surface area (Å²) in [7, 11) is -3.65. The second-order valence-corrected chi connectivity index (χ2v) is 9.62. The van der Waals surface area contributed by atoms with E-state index in [0.717, 1.165) is 16.7 Å². The molecule has 5 nitrogen and oxygen atoms in total. The first-order valence-electron chi connectivity index (χ1n) is 10.1. The lowest BCUT2D eigenvalue weighted by molar-refractivity contribution is 0.0212. The molecule has 0 aliphatic carbocycles. The van der Waals surface area contributed by atoms with E-state index < -0.39 is 21.7 Å². The van der Waals surface area contributed by atoms with E-state index >= 15 is 0 Å². The van der Waals surface area contributed by atoms with E-state index in [4.69, 9.17) is 0 Å².